The molecule has 1 N–H and O–H groups in total. The van der Waals surface area contributed by atoms with Crippen molar-refractivity contribution in [2.24, 2.45) is 0 Å². The molecule has 1 aromatic heterocycles. The maximum Gasteiger partial charge on any atom is 0.251 e. The van der Waals surface area contributed by atoms with Crippen molar-refractivity contribution in [2.45, 2.75) is 13.1 Å². The second-order valence-electron chi connectivity index (χ2n) is 5.58. The first-order chi connectivity index (χ1) is 12.7. The Morgan fingerprint density at radius 1 is 1.04 bits per heavy atom. The molecular weight excluding hydrogens is 334 g/mol. The number of carbonyl (C=O) groups is 1. The van der Waals surface area contributed by atoms with E-state index in [1.165, 1.54) is 0 Å². The summed E-state index contributed by atoms with van der Waals surface area (Å²) in [7, 11) is 3.17. The van der Waals surface area contributed by atoms with Crippen LogP contribution in [0.4, 0.5) is 0 Å². The lowest BCUT2D eigenvalue weighted by molar-refractivity contribution is 0.0951. The molecule has 3 aromatic rings. The fourth-order valence-corrected chi connectivity index (χ4v) is 2.48. The number of benzene rings is 2. The molecule has 8 heteroatoms. The van der Waals surface area contributed by atoms with Gasteiger partial charge in [0.15, 0.2) is 11.5 Å². The smallest absolute Gasteiger partial charge is 0.251 e. The van der Waals surface area contributed by atoms with Crippen molar-refractivity contribution in [2.75, 3.05) is 14.2 Å². The fraction of sp³-hybridized carbons (Fsp3) is 0.222. The summed E-state index contributed by atoms with van der Waals surface area (Å²) in [6.45, 7) is 0.951. The molecule has 26 heavy (non-hydrogen) atoms. The number of tetrazole rings is 1. The van der Waals surface area contributed by atoms with E-state index in [-0.39, 0.29) is 5.91 Å². The van der Waals surface area contributed by atoms with Gasteiger partial charge in [-0.25, -0.2) is 4.68 Å². The Morgan fingerprint density at radius 2 is 1.77 bits per heavy atom. The molecule has 0 atom stereocenters. The minimum absolute atomic E-state index is 0.145. The molecule has 1 heterocycles. The van der Waals surface area contributed by atoms with E-state index in [4.69, 9.17) is 9.47 Å². The molecule has 8 nitrogen and oxygen atoms in total. The molecule has 134 valence electrons. The Morgan fingerprint density at radius 3 is 2.42 bits per heavy atom. The zero-order chi connectivity index (χ0) is 18.4. The van der Waals surface area contributed by atoms with Crippen LogP contribution in [0.5, 0.6) is 11.5 Å². The average Bonchev–Trinajstić information content (AvgIpc) is 3.19. The lowest BCUT2D eigenvalue weighted by Gasteiger charge is -2.10. The minimum Gasteiger partial charge on any atom is -0.493 e. The van der Waals surface area contributed by atoms with Gasteiger partial charge in [0.1, 0.15) is 6.33 Å². The molecule has 0 aliphatic rings. The number of amides is 1. The van der Waals surface area contributed by atoms with Gasteiger partial charge >= 0.3 is 0 Å². The number of methoxy groups -OCH3 is 2. The maximum absolute atomic E-state index is 12.3. The number of hydrogen-bond acceptors (Lipinski definition) is 6. The Labute approximate surface area is 150 Å². The molecule has 0 aliphatic carbocycles. The van der Waals surface area contributed by atoms with Crippen molar-refractivity contribution < 1.29 is 14.3 Å². The van der Waals surface area contributed by atoms with Crippen molar-refractivity contribution in [1.29, 1.82) is 0 Å². The molecule has 0 saturated heterocycles. The number of nitrogens with one attached hydrogen (secondary N) is 1. The highest BCUT2D eigenvalue weighted by molar-refractivity contribution is 5.94. The van der Waals surface area contributed by atoms with Crippen LogP contribution < -0.4 is 14.8 Å². The normalized spacial score (nSPS) is 10.4. The van der Waals surface area contributed by atoms with E-state index < -0.39 is 0 Å². The van der Waals surface area contributed by atoms with Gasteiger partial charge in [0.05, 0.1) is 20.8 Å². The van der Waals surface area contributed by atoms with Crippen LogP contribution in [-0.4, -0.2) is 40.3 Å². The van der Waals surface area contributed by atoms with Crippen molar-refractivity contribution in [3.05, 3.63) is 65.5 Å². The molecular formula is C18H19N5O3. The lowest BCUT2D eigenvalue weighted by Crippen LogP contribution is -2.22. The third-order valence-corrected chi connectivity index (χ3v) is 3.85. The van der Waals surface area contributed by atoms with E-state index in [2.05, 4.69) is 20.8 Å². The SMILES string of the molecule is COc1ccc(CNC(=O)c2ccc(Cn3cnnn3)cc2)cc1OC. The van der Waals surface area contributed by atoms with Gasteiger partial charge in [-0.3, -0.25) is 4.79 Å². The van der Waals surface area contributed by atoms with Gasteiger partial charge in [-0.15, -0.1) is 5.10 Å². The molecule has 0 saturated carbocycles. The third-order valence-electron chi connectivity index (χ3n) is 3.85. The summed E-state index contributed by atoms with van der Waals surface area (Å²) in [5, 5.41) is 13.9. The Bertz CT molecular complexity index is 863. The first-order valence-electron chi connectivity index (χ1n) is 7.98. The van der Waals surface area contributed by atoms with E-state index in [1.54, 1.807) is 37.4 Å². The number of aromatic nitrogens is 4. The summed E-state index contributed by atoms with van der Waals surface area (Å²) in [6, 6.07) is 12.9. The molecule has 0 fully saturated rings. The maximum atomic E-state index is 12.3. The Hall–Kier alpha value is -3.42. The van der Waals surface area contributed by atoms with Gasteiger partial charge in [-0.1, -0.05) is 18.2 Å². The number of carbonyl (C=O) groups excluding carboxylic acids is 1. The van der Waals surface area contributed by atoms with Crippen LogP contribution in [0.15, 0.2) is 48.8 Å². The zero-order valence-electron chi connectivity index (χ0n) is 14.5. The molecule has 0 aliphatic heterocycles. The minimum atomic E-state index is -0.145. The van der Waals surface area contributed by atoms with E-state index in [0.29, 0.717) is 30.2 Å². The van der Waals surface area contributed by atoms with Gasteiger partial charge in [0.2, 0.25) is 0 Å². The van der Waals surface area contributed by atoms with E-state index >= 15 is 0 Å². The third kappa shape index (κ3) is 4.15. The van der Waals surface area contributed by atoms with Crippen LogP contribution in [0.25, 0.3) is 0 Å². The number of nitrogens with zero attached hydrogens (tertiary/aromatic N) is 4. The second kappa shape index (κ2) is 8.11. The van der Waals surface area contributed by atoms with Crippen LogP contribution in [0.2, 0.25) is 0 Å². The first-order valence-corrected chi connectivity index (χ1v) is 7.98. The number of rotatable bonds is 7. The van der Waals surface area contributed by atoms with Crippen LogP contribution >= 0.6 is 0 Å². The van der Waals surface area contributed by atoms with Crippen molar-refractivity contribution in [3.8, 4) is 11.5 Å². The monoisotopic (exact) mass is 353 g/mol. The Balaban J connectivity index is 1.59. The van der Waals surface area contributed by atoms with Crippen LogP contribution in [0, 0.1) is 0 Å². The number of ether oxygens (including phenoxy) is 2. The van der Waals surface area contributed by atoms with Gasteiger partial charge in [-0.05, 0) is 45.8 Å². The zero-order valence-corrected chi connectivity index (χ0v) is 14.5. The molecule has 0 bridgehead atoms. The number of hydrogen-bond donors (Lipinski definition) is 1. The van der Waals surface area contributed by atoms with E-state index in [0.717, 1.165) is 11.1 Å². The highest BCUT2D eigenvalue weighted by Gasteiger charge is 2.08. The molecule has 0 unspecified atom stereocenters. The van der Waals surface area contributed by atoms with Crippen molar-refractivity contribution in [3.63, 3.8) is 0 Å². The molecule has 2 aromatic carbocycles. The molecule has 0 spiro atoms. The summed E-state index contributed by atoms with van der Waals surface area (Å²) in [6.07, 6.45) is 1.55. The van der Waals surface area contributed by atoms with Crippen LogP contribution in [0.1, 0.15) is 21.5 Å². The largest absolute Gasteiger partial charge is 0.493 e. The highest BCUT2D eigenvalue weighted by Crippen LogP contribution is 2.27. The summed E-state index contributed by atoms with van der Waals surface area (Å²) in [5.41, 5.74) is 2.52. The summed E-state index contributed by atoms with van der Waals surface area (Å²) < 4.78 is 12.1. The first kappa shape index (κ1) is 17.4. The molecule has 1 amide bonds. The van der Waals surface area contributed by atoms with E-state index in [1.807, 2.05) is 30.3 Å². The lowest BCUT2D eigenvalue weighted by atomic mass is 10.1. The van der Waals surface area contributed by atoms with Gasteiger partial charge in [0, 0.05) is 12.1 Å². The van der Waals surface area contributed by atoms with Crippen LogP contribution in [0.3, 0.4) is 0 Å². The Kier molecular flexibility index (Phi) is 5.43. The predicted molar refractivity (Wildman–Crippen MR) is 94.1 cm³/mol. The summed E-state index contributed by atoms with van der Waals surface area (Å²) in [4.78, 5) is 12.3. The van der Waals surface area contributed by atoms with Gasteiger partial charge in [0.25, 0.3) is 5.91 Å². The van der Waals surface area contributed by atoms with Crippen LogP contribution in [-0.2, 0) is 13.1 Å². The van der Waals surface area contributed by atoms with E-state index in [9.17, 15) is 4.79 Å². The standard InChI is InChI=1S/C18H19N5O3/c1-25-16-8-5-14(9-17(16)26-2)10-19-18(24)15-6-3-13(4-7-15)11-23-12-20-21-22-23/h3-9,12H,10-11H2,1-2H3,(H,19,24). The predicted octanol–water partition coefficient (Wildman–Crippen LogP) is 1.67. The fourth-order valence-electron chi connectivity index (χ4n) is 2.48. The highest BCUT2D eigenvalue weighted by atomic mass is 16.5. The second-order valence-corrected chi connectivity index (χ2v) is 5.58. The quantitative estimate of drug-likeness (QED) is 0.695. The topological polar surface area (TPSA) is 91.2 Å². The van der Waals surface area contributed by atoms with Crippen molar-refractivity contribution in [1.82, 2.24) is 25.5 Å². The van der Waals surface area contributed by atoms with Crippen molar-refractivity contribution >= 4 is 5.91 Å². The van der Waals surface area contributed by atoms with Gasteiger partial charge < -0.3 is 14.8 Å². The summed E-state index contributed by atoms with van der Waals surface area (Å²) >= 11 is 0. The molecule has 0 radical (unpaired) electrons. The summed E-state index contributed by atoms with van der Waals surface area (Å²) in [5.74, 6) is 1.14. The van der Waals surface area contributed by atoms with Gasteiger partial charge in [-0.2, -0.15) is 0 Å². The average molecular weight is 353 g/mol. The molecule has 3 rings (SSSR count).